The zero-order valence-electron chi connectivity index (χ0n) is 12.6. The largest absolute Gasteiger partial charge is 0.480 e. The quantitative estimate of drug-likeness (QED) is 0.838. The topological polar surface area (TPSA) is 89.2 Å². The molecule has 2 aromatic rings. The summed E-state index contributed by atoms with van der Waals surface area (Å²) in [5.74, 6) is 0.505. The maximum absolute atomic E-state index is 10.8. The first-order chi connectivity index (χ1) is 10.7. The predicted molar refractivity (Wildman–Crippen MR) is 78.1 cm³/mol. The fraction of sp³-hybridized carbons (Fsp3) is 0.571. The molecule has 1 unspecified atom stereocenters. The van der Waals surface area contributed by atoms with Crippen LogP contribution in [-0.2, 0) is 13.1 Å². The van der Waals surface area contributed by atoms with E-state index in [4.69, 9.17) is 4.74 Å². The third-order valence-electron chi connectivity index (χ3n) is 3.85. The molecule has 1 N–H and O–H groups in total. The average molecular weight is 304 g/mol. The molecule has 0 radical (unpaired) electrons. The lowest BCUT2D eigenvalue weighted by molar-refractivity contribution is -0.0481. The van der Waals surface area contributed by atoms with E-state index in [0.717, 1.165) is 25.1 Å². The molecule has 0 aliphatic carbocycles. The highest BCUT2D eigenvalue weighted by Crippen LogP contribution is 2.24. The number of β-amino-alcohol motifs (C(OH)–C–C–N with tert-alkyl or cyclic N) is 1. The number of ether oxygens (including phenoxy) is 1. The summed E-state index contributed by atoms with van der Waals surface area (Å²) in [4.78, 5) is 2.19. The van der Waals surface area contributed by atoms with Gasteiger partial charge in [0.25, 0.3) is 0 Å². The first-order valence-corrected chi connectivity index (χ1v) is 7.32. The SMILES string of the molecule is COc1ccc(CN2CCCC(O)(Cn3ccnn3)C2)nn1. The van der Waals surface area contributed by atoms with Crippen molar-refractivity contribution in [1.29, 1.82) is 0 Å². The van der Waals surface area contributed by atoms with Gasteiger partial charge in [-0.3, -0.25) is 4.90 Å². The minimum absolute atomic E-state index is 0.456. The van der Waals surface area contributed by atoms with Gasteiger partial charge in [-0.1, -0.05) is 5.21 Å². The van der Waals surface area contributed by atoms with Crippen molar-refractivity contribution in [1.82, 2.24) is 30.1 Å². The third-order valence-corrected chi connectivity index (χ3v) is 3.85. The van der Waals surface area contributed by atoms with E-state index in [-0.39, 0.29) is 0 Å². The van der Waals surface area contributed by atoms with Gasteiger partial charge >= 0.3 is 0 Å². The minimum atomic E-state index is -0.786. The van der Waals surface area contributed by atoms with E-state index in [9.17, 15) is 5.11 Å². The Morgan fingerprint density at radius 3 is 2.95 bits per heavy atom. The van der Waals surface area contributed by atoms with Crippen LogP contribution in [0.1, 0.15) is 18.5 Å². The van der Waals surface area contributed by atoms with Crippen molar-refractivity contribution < 1.29 is 9.84 Å². The van der Waals surface area contributed by atoms with Crippen LogP contribution in [0.15, 0.2) is 24.5 Å². The van der Waals surface area contributed by atoms with Crippen LogP contribution < -0.4 is 4.74 Å². The Morgan fingerprint density at radius 1 is 1.36 bits per heavy atom. The number of methoxy groups -OCH3 is 1. The molecule has 3 rings (SSSR count). The number of piperidine rings is 1. The van der Waals surface area contributed by atoms with Crippen molar-refractivity contribution in [2.45, 2.75) is 31.5 Å². The molecular formula is C14H20N6O2. The Balaban J connectivity index is 1.62. The summed E-state index contributed by atoms with van der Waals surface area (Å²) in [6.07, 6.45) is 5.09. The second kappa shape index (κ2) is 6.37. The normalized spacial score (nSPS) is 22.6. The lowest BCUT2D eigenvalue weighted by atomic mass is 9.92. The molecule has 0 amide bonds. The molecule has 1 aliphatic rings. The molecule has 1 atom stereocenters. The van der Waals surface area contributed by atoms with Gasteiger partial charge in [-0.05, 0) is 25.5 Å². The summed E-state index contributed by atoms with van der Waals surface area (Å²) in [6, 6.07) is 3.70. The number of hydrogen-bond acceptors (Lipinski definition) is 7. The van der Waals surface area contributed by atoms with E-state index in [1.165, 1.54) is 0 Å². The highest BCUT2D eigenvalue weighted by molar-refractivity contribution is 5.11. The second-order valence-electron chi connectivity index (χ2n) is 5.71. The van der Waals surface area contributed by atoms with Gasteiger partial charge in [0.1, 0.15) is 0 Å². The molecule has 22 heavy (non-hydrogen) atoms. The third kappa shape index (κ3) is 3.58. The number of hydrogen-bond donors (Lipinski definition) is 1. The zero-order chi connectivity index (χ0) is 15.4. The van der Waals surface area contributed by atoms with Crippen LogP contribution in [-0.4, -0.2) is 61.0 Å². The molecule has 3 heterocycles. The maximum Gasteiger partial charge on any atom is 0.233 e. The molecule has 1 fully saturated rings. The Morgan fingerprint density at radius 2 is 2.27 bits per heavy atom. The first-order valence-electron chi connectivity index (χ1n) is 7.32. The van der Waals surface area contributed by atoms with E-state index >= 15 is 0 Å². The van der Waals surface area contributed by atoms with Crippen molar-refractivity contribution in [2.75, 3.05) is 20.2 Å². The van der Waals surface area contributed by atoms with Crippen LogP contribution in [0.4, 0.5) is 0 Å². The Hall–Kier alpha value is -2.06. The van der Waals surface area contributed by atoms with Crippen LogP contribution in [0.25, 0.3) is 0 Å². The molecule has 0 saturated carbocycles. The van der Waals surface area contributed by atoms with Crippen LogP contribution in [0.2, 0.25) is 0 Å². The number of likely N-dealkylation sites (tertiary alicyclic amines) is 1. The van der Waals surface area contributed by atoms with Crippen LogP contribution in [0.5, 0.6) is 5.88 Å². The molecule has 8 nitrogen and oxygen atoms in total. The number of aromatic nitrogens is 5. The van der Waals surface area contributed by atoms with Gasteiger partial charge in [0.2, 0.25) is 5.88 Å². The average Bonchev–Trinajstić information content (AvgIpc) is 3.00. The van der Waals surface area contributed by atoms with Crippen molar-refractivity contribution >= 4 is 0 Å². The van der Waals surface area contributed by atoms with Crippen molar-refractivity contribution in [2.24, 2.45) is 0 Å². The van der Waals surface area contributed by atoms with Gasteiger partial charge in [-0.15, -0.1) is 10.2 Å². The number of aliphatic hydroxyl groups is 1. The Kier molecular flexibility index (Phi) is 4.30. The molecule has 8 heteroatoms. The fourth-order valence-electron chi connectivity index (χ4n) is 2.86. The van der Waals surface area contributed by atoms with E-state index in [0.29, 0.717) is 25.5 Å². The van der Waals surface area contributed by atoms with Gasteiger partial charge in [-0.2, -0.15) is 5.10 Å². The summed E-state index contributed by atoms with van der Waals surface area (Å²) >= 11 is 0. The van der Waals surface area contributed by atoms with Gasteiger partial charge < -0.3 is 9.84 Å². The Bertz CT molecular complexity index is 588. The van der Waals surface area contributed by atoms with E-state index in [1.807, 2.05) is 6.07 Å². The summed E-state index contributed by atoms with van der Waals surface area (Å²) < 4.78 is 6.69. The number of rotatable bonds is 5. The summed E-state index contributed by atoms with van der Waals surface area (Å²) in [7, 11) is 1.57. The Labute approximate surface area is 128 Å². The smallest absolute Gasteiger partial charge is 0.233 e. The van der Waals surface area contributed by atoms with Crippen LogP contribution in [0, 0.1) is 0 Å². The van der Waals surface area contributed by atoms with E-state index in [2.05, 4.69) is 25.4 Å². The first kappa shape index (κ1) is 14.9. The van der Waals surface area contributed by atoms with Crippen molar-refractivity contribution in [3.05, 3.63) is 30.2 Å². The van der Waals surface area contributed by atoms with Crippen molar-refractivity contribution in [3.63, 3.8) is 0 Å². The molecule has 0 bridgehead atoms. The van der Waals surface area contributed by atoms with Gasteiger partial charge in [-0.25, -0.2) is 4.68 Å². The molecule has 1 saturated heterocycles. The fourth-order valence-corrected chi connectivity index (χ4v) is 2.86. The van der Waals surface area contributed by atoms with Gasteiger partial charge in [0.05, 0.1) is 31.1 Å². The summed E-state index contributed by atoms with van der Waals surface area (Å²) in [6.45, 7) is 2.64. The molecule has 1 aliphatic heterocycles. The van der Waals surface area contributed by atoms with Crippen LogP contribution in [0.3, 0.4) is 0 Å². The molecule has 0 spiro atoms. The monoisotopic (exact) mass is 304 g/mol. The highest BCUT2D eigenvalue weighted by atomic mass is 16.5. The minimum Gasteiger partial charge on any atom is -0.480 e. The van der Waals surface area contributed by atoms with Crippen molar-refractivity contribution in [3.8, 4) is 5.88 Å². The lowest BCUT2D eigenvalue weighted by Gasteiger charge is -2.38. The number of nitrogens with zero attached hydrogens (tertiary/aromatic N) is 6. The predicted octanol–water partition coefficient (Wildman–Crippen LogP) is 0.104. The van der Waals surface area contributed by atoms with E-state index < -0.39 is 5.60 Å². The summed E-state index contributed by atoms with van der Waals surface area (Å²) in [5, 5.41) is 26.6. The standard InChI is InChI=1S/C14H20N6O2/c1-22-13-4-3-12(16-17-13)9-19-7-2-5-14(21,10-19)11-20-8-6-15-18-20/h3-4,6,8,21H,2,5,7,9-11H2,1H3. The second-order valence-corrected chi connectivity index (χ2v) is 5.71. The maximum atomic E-state index is 10.8. The van der Waals surface area contributed by atoms with Gasteiger partial charge in [0, 0.05) is 25.4 Å². The van der Waals surface area contributed by atoms with Gasteiger partial charge in [0.15, 0.2) is 0 Å². The molecule has 2 aromatic heterocycles. The zero-order valence-corrected chi connectivity index (χ0v) is 12.6. The molecule has 0 aromatic carbocycles. The lowest BCUT2D eigenvalue weighted by Crippen LogP contribution is -2.50. The summed E-state index contributed by atoms with van der Waals surface area (Å²) in [5.41, 5.74) is 0.0806. The molecular weight excluding hydrogens is 284 g/mol. The van der Waals surface area contributed by atoms with E-state index in [1.54, 1.807) is 30.3 Å². The molecule has 118 valence electrons. The van der Waals surface area contributed by atoms with Crippen LogP contribution >= 0.6 is 0 Å². The highest BCUT2D eigenvalue weighted by Gasteiger charge is 2.34.